The largest absolute Gasteiger partial charge is 0.379 e. The number of nitrogens with one attached hydrogen (secondary N) is 1. The molecule has 0 bridgehead atoms. The predicted molar refractivity (Wildman–Crippen MR) is 73.0 cm³/mol. The average molecular weight is 285 g/mol. The van der Waals surface area contributed by atoms with Gasteiger partial charge in [-0.15, -0.1) is 0 Å². The molecule has 0 spiro atoms. The second-order valence-corrected chi connectivity index (χ2v) is 5.34. The number of amides is 3. The monoisotopic (exact) mass is 285 g/mol. The van der Waals surface area contributed by atoms with Crippen LogP contribution in [0.3, 0.4) is 0 Å². The van der Waals surface area contributed by atoms with Crippen LogP contribution < -0.4 is 16.8 Å². The predicted octanol–water partition coefficient (Wildman–Crippen LogP) is -2.08. The molecule has 3 amide bonds. The molecule has 5 N–H and O–H groups in total. The van der Waals surface area contributed by atoms with Crippen LogP contribution >= 0.6 is 0 Å². The normalized spacial score (nSPS) is 28.3. The van der Waals surface area contributed by atoms with Gasteiger partial charge in [-0.3, -0.25) is 9.69 Å². The lowest BCUT2D eigenvalue weighted by Gasteiger charge is -2.42. The van der Waals surface area contributed by atoms with E-state index in [0.717, 1.165) is 19.6 Å². The first-order valence-corrected chi connectivity index (χ1v) is 6.93. The number of nitrogens with two attached hydrogens (primary N) is 2. The molecule has 20 heavy (non-hydrogen) atoms. The highest BCUT2D eigenvalue weighted by atomic mass is 16.5. The molecule has 2 aliphatic rings. The summed E-state index contributed by atoms with van der Waals surface area (Å²) in [6.07, 6.45) is 0.562. The van der Waals surface area contributed by atoms with Crippen LogP contribution in [0.4, 0.5) is 4.79 Å². The summed E-state index contributed by atoms with van der Waals surface area (Å²) in [5, 5.41) is 3.17. The Morgan fingerprint density at radius 2 is 1.90 bits per heavy atom. The van der Waals surface area contributed by atoms with Gasteiger partial charge in [-0.05, 0) is 6.42 Å². The molecule has 0 aromatic heterocycles. The van der Waals surface area contributed by atoms with Crippen LogP contribution in [0.5, 0.6) is 0 Å². The number of piperazine rings is 1. The van der Waals surface area contributed by atoms with Crippen LogP contribution in [0, 0.1) is 0 Å². The van der Waals surface area contributed by atoms with E-state index in [1.807, 2.05) is 0 Å². The quantitative estimate of drug-likeness (QED) is 0.548. The molecule has 2 saturated heterocycles. The minimum atomic E-state index is -0.883. The third-order valence-corrected chi connectivity index (χ3v) is 4.05. The number of hydrogen-bond acceptors (Lipinski definition) is 5. The topological polar surface area (TPSA) is 114 Å². The smallest absolute Gasteiger partial charge is 0.314 e. The third-order valence-electron chi connectivity index (χ3n) is 4.05. The van der Waals surface area contributed by atoms with Crippen LogP contribution in [0.25, 0.3) is 0 Å². The maximum atomic E-state index is 11.9. The Balaban J connectivity index is 1.97. The van der Waals surface area contributed by atoms with E-state index in [-0.39, 0.29) is 6.54 Å². The third kappa shape index (κ3) is 3.38. The van der Waals surface area contributed by atoms with Gasteiger partial charge in [0.2, 0.25) is 5.91 Å². The van der Waals surface area contributed by atoms with Gasteiger partial charge in [-0.1, -0.05) is 0 Å². The molecule has 1 atom stereocenters. The van der Waals surface area contributed by atoms with Crippen molar-refractivity contribution >= 4 is 11.9 Å². The van der Waals surface area contributed by atoms with Gasteiger partial charge >= 0.3 is 6.03 Å². The summed E-state index contributed by atoms with van der Waals surface area (Å²) in [5.41, 5.74) is 9.98. The molecule has 2 heterocycles. The Morgan fingerprint density at radius 3 is 2.50 bits per heavy atom. The van der Waals surface area contributed by atoms with Crippen molar-refractivity contribution in [2.75, 3.05) is 52.5 Å². The molecule has 2 rings (SSSR count). The molecule has 8 nitrogen and oxygen atoms in total. The highest BCUT2D eigenvalue weighted by Gasteiger charge is 2.41. The Bertz CT molecular complexity index is 372. The molecule has 2 aliphatic heterocycles. The van der Waals surface area contributed by atoms with E-state index in [2.05, 4.69) is 10.2 Å². The molecule has 1 unspecified atom stereocenters. The van der Waals surface area contributed by atoms with Gasteiger partial charge in [0.1, 0.15) is 5.54 Å². The first kappa shape index (κ1) is 15.0. The number of ether oxygens (including phenoxy) is 1. The van der Waals surface area contributed by atoms with Crippen molar-refractivity contribution in [3.8, 4) is 0 Å². The SMILES string of the molecule is NC(=O)N1CCNC(CCN2CCOCC2)(C(N)=O)C1. The highest BCUT2D eigenvalue weighted by molar-refractivity contribution is 5.86. The number of primary amides is 2. The summed E-state index contributed by atoms with van der Waals surface area (Å²) < 4.78 is 5.29. The Morgan fingerprint density at radius 1 is 1.20 bits per heavy atom. The Kier molecular flexibility index (Phi) is 4.79. The van der Waals surface area contributed by atoms with Crippen molar-refractivity contribution in [3.05, 3.63) is 0 Å². The zero-order chi connectivity index (χ0) is 14.6. The number of hydrogen-bond donors (Lipinski definition) is 3. The molecule has 0 aromatic rings. The zero-order valence-corrected chi connectivity index (χ0v) is 11.6. The van der Waals surface area contributed by atoms with Crippen LogP contribution in [0.1, 0.15) is 6.42 Å². The van der Waals surface area contributed by atoms with Gasteiger partial charge < -0.3 is 26.4 Å². The van der Waals surface area contributed by atoms with E-state index in [1.54, 1.807) is 0 Å². The highest BCUT2D eigenvalue weighted by Crippen LogP contribution is 2.17. The lowest BCUT2D eigenvalue weighted by molar-refractivity contribution is -0.126. The number of urea groups is 1. The van der Waals surface area contributed by atoms with Crippen molar-refractivity contribution in [1.82, 2.24) is 15.1 Å². The Labute approximate surface area is 118 Å². The van der Waals surface area contributed by atoms with E-state index in [4.69, 9.17) is 16.2 Å². The standard InChI is InChI=1S/C12H23N5O3/c13-10(18)12(1-3-16-5-7-20-8-6-16)9-17(11(14)19)4-2-15-12/h15H,1-9H2,(H2,13,18)(H2,14,19). The molecule has 0 saturated carbocycles. The van der Waals surface area contributed by atoms with E-state index < -0.39 is 17.5 Å². The zero-order valence-electron chi connectivity index (χ0n) is 11.6. The number of morpholine rings is 1. The molecule has 0 radical (unpaired) electrons. The van der Waals surface area contributed by atoms with Crippen molar-refractivity contribution in [2.24, 2.45) is 11.5 Å². The van der Waals surface area contributed by atoms with Crippen LogP contribution in [-0.4, -0.2) is 79.8 Å². The second-order valence-electron chi connectivity index (χ2n) is 5.34. The van der Waals surface area contributed by atoms with Gasteiger partial charge in [-0.2, -0.15) is 0 Å². The summed E-state index contributed by atoms with van der Waals surface area (Å²) in [6, 6.07) is -0.511. The van der Waals surface area contributed by atoms with Crippen molar-refractivity contribution in [3.63, 3.8) is 0 Å². The average Bonchev–Trinajstić information content (AvgIpc) is 2.46. The van der Waals surface area contributed by atoms with E-state index in [1.165, 1.54) is 4.90 Å². The van der Waals surface area contributed by atoms with Crippen molar-refractivity contribution in [2.45, 2.75) is 12.0 Å². The summed E-state index contributed by atoms with van der Waals surface area (Å²) >= 11 is 0. The maximum absolute atomic E-state index is 11.9. The van der Waals surface area contributed by atoms with Gasteiger partial charge in [0.15, 0.2) is 0 Å². The molecule has 8 heteroatoms. The fourth-order valence-corrected chi connectivity index (χ4v) is 2.71. The van der Waals surface area contributed by atoms with Gasteiger partial charge in [0.25, 0.3) is 0 Å². The fraction of sp³-hybridized carbons (Fsp3) is 0.833. The fourth-order valence-electron chi connectivity index (χ4n) is 2.71. The lowest BCUT2D eigenvalue weighted by Crippen LogP contribution is -2.68. The van der Waals surface area contributed by atoms with E-state index in [0.29, 0.717) is 32.7 Å². The molecule has 0 aliphatic carbocycles. The van der Waals surface area contributed by atoms with Crippen LogP contribution in [0.2, 0.25) is 0 Å². The second kappa shape index (κ2) is 6.38. The summed E-state index contributed by atoms with van der Waals surface area (Å²) in [6.45, 7) is 5.14. The number of nitrogens with zero attached hydrogens (tertiary/aromatic N) is 2. The maximum Gasteiger partial charge on any atom is 0.314 e. The summed E-state index contributed by atoms with van der Waals surface area (Å²) in [5.74, 6) is -0.434. The van der Waals surface area contributed by atoms with Crippen molar-refractivity contribution < 1.29 is 14.3 Å². The number of carbonyl (C=O) groups is 2. The first-order valence-electron chi connectivity index (χ1n) is 6.93. The summed E-state index contributed by atoms with van der Waals surface area (Å²) in [7, 11) is 0. The summed E-state index contributed by atoms with van der Waals surface area (Å²) in [4.78, 5) is 26.9. The lowest BCUT2D eigenvalue weighted by atomic mass is 9.91. The first-order chi connectivity index (χ1) is 9.53. The molecule has 0 aromatic carbocycles. The molecular formula is C12H23N5O3. The molecule has 2 fully saturated rings. The molecular weight excluding hydrogens is 262 g/mol. The van der Waals surface area contributed by atoms with Crippen molar-refractivity contribution in [1.29, 1.82) is 0 Å². The van der Waals surface area contributed by atoms with E-state index in [9.17, 15) is 9.59 Å². The van der Waals surface area contributed by atoms with Gasteiger partial charge in [0, 0.05) is 39.3 Å². The van der Waals surface area contributed by atoms with Crippen LogP contribution in [0.15, 0.2) is 0 Å². The Hall–Kier alpha value is -1.38. The van der Waals surface area contributed by atoms with Gasteiger partial charge in [0.05, 0.1) is 13.2 Å². The van der Waals surface area contributed by atoms with Gasteiger partial charge in [-0.25, -0.2) is 4.79 Å². The number of carbonyl (C=O) groups excluding carboxylic acids is 2. The minimum Gasteiger partial charge on any atom is -0.379 e. The van der Waals surface area contributed by atoms with Crippen LogP contribution in [-0.2, 0) is 9.53 Å². The van der Waals surface area contributed by atoms with E-state index >= 15 is 0 Å². The molecule has 114 valence electrons. The number of rotatable bonds is 4. The minimum absolute atomic E-state index is 0.238.